The van der Waals surface area contributed by atoms with E-state index in [9.17, 15) is 13.2 Å². The van der Waals surface area contributed by atoms with Gasteiger partial charge >= 0.3 is 0 Å². The van der Waals surface area contributed by atoms with Crippen molar-refractivity contribution in [2.45, 2.75) is 4.90 Å². The number of nitrogens with zero attached hydrogens (tertiary/aromatic N) is 2. The summed E-state index contributed by atoms with van der Waals surface area (Å²) in [6.07, 6.45) is 0. The highest BCUT2D eigenvalue weighted by Crippen LogP contribution is 2.26. The summed E-state index contributed by atoms with van der Waals surface area (Å²) in [5.41, 5.74) is 0.948. The standard InChI is InChI=1S/C16H14ClN3O3S/c1-20(2)24(22,23)13-7-8-14(17)15(9-13)19-16(21)12-5-3-11(10-18)4-6-12/h3-9H,1-2H3,(H,19,21). The first kappa shape index (κ1) is 17.9. The van der Waals surface area contributed by atoms with Gasteiger partial charge in [0, 0.05) is 19.7 Å². The quantitative estimate of drug-likeness (QED) is 0.904. The summed E-state index contributed by atoms with van der Waals surface area (Å²) in [6, 6.07) is 12.1. The van der Waals surface area contributed by atoms with Crippen molar-refractivity contribution in [1.29, 1.82) is 5.26 Å². The number of amides is 1. The lowest BCUT2D eigenvalue weighted by Crippen LogP contribution is -2.22. The molecule has 2 rings (SSSR count). The second kappa shape index (κ2) is 7.01. The van der Waals surface area contributed by atoms with Crippen molar-refractivity contribution in [2.75, 3.05) is 19.4 Å². The van der Waals surface area contributed by atoms with E-state index in [4.69, 9.17) is 16.9 Å². The zero-order valence-electron chi connectivity index (χ0n) is 12.9. The van der Waals surface area contributed by atoms with Crippen molar-refractivity contribution in [3.05, 3.63) is 58.6 Å². The molecule has 0 fully saturated rings. The molecule has 1 N–H and O–H groups in total. The highest BCUT2D eigenvalue weighted by Gasteiger charge is 2.19. The zero-order valence-corrected chi connectivity index (χ0v) is 14.5. The maximum atomic E-state index is 12.2. The number of sulfonamides is 1. The largest absolute Gasteiger partial charge is 0.321 e. The molecule has 0 aliphatic heterocycles. The molecule has 6 nitrogen and oxygen atoms in total. The van der Waals surface area contributed by atoms with Gasteiger partial charge in [-0.2, -0.15) is 5.26 Å². The van der Waals surface area contributed by atoms with Crippen LogP contribution in [0, 0.1) is 11.3 Å². The molecular weight excluding hydrogens is 350 g/mol. The molecule has 0 aromatic heterocycles. The Bertz CT molecular complexity index is 917. The average molecular weight is 364 g/mol. The van der Waals surface area contributed by atoms with E-state index in [2.05, 4.69) is 5.32 Å². The molecule has 0 atom stereocenters. The Morgan fingerprint density at radius 1 is 1.17 bits per heavy atom. The second-order valence-corrected chi connectivity index (χ2v) is 7.63. The molecule has 0 aliphatic rings. The number of nitrogens with one attached hydrogen (secondary N) is 1. The Balaban J connectivity index is 2.32. The number of benzene rings is 2. The third-order valence-electron chi connectivity index (χ3n) is 3.24. The number of hydrogen-bond acceptors (Lipinski definition) is 4. The summed E-state index contributed by atoms with van der Waals surface area (Å²) in [4.78, 5) is 12.3. The van der Waals surface area contributed by atoms with Crippen molar-refractivity contribution < 1.29 is 13.2 Å². The summed E-state index contributed by atoms with van der Waals surface area (Å²) >= 11 is 6.04. The molecule has 0 saturated carbocycles. The van der Waals surface area contributed by atoms with Crippen LogP contribution in [-0.4, -0.2) is 32.7 Å². The van der Waals surface area contributed by atoms with Crippen LogP contribution in [0.5, 0.6) is 0 Å². The number of hydrogen-bond donors (Lipinski definition) is 1. The van der Waals surface area contributed by atoms with Gasteiger partial charge in [0.1, 0.15) is 0 Å². The maximum Gasteiger partial charge on any atom is 0.255 e. The molecule has 8 heteroatoms. The number of nitriles is 1. The smallest absolute Gasteiger partial charge is 0.255 e. The summed E-state index contributed by atoms with van der Waals surface area (Å²) in [7, 11) is -0.807. The Morgan fingerprint density at radius 2 is 1.79 bits per heavy atom. The molecule has 0 radical (unpaired) electrons. The molecule has 0 bridgehead atoms. The number of halogens is 1. The number of rotatable bonds is 4. The predicted octanol–water partition coefficient (Wildman–Crippen LogP) is 2.71. The normalized spacial score (nSPS) is 11.1. The first-order valence-corrected chi connectivity index (χ1v) is 8.61. The molecule has 24 heavy (non-hydrogen) atoms. The summed E-state index contributed by atoms with van der Waals surface area (Å²) in [5.74, 6) is -0.458. The average Bonchev–Trinajstić information content (AvgIpc) is 2.56. The third kappa shape index (κ3) is 3.74. The van der Waals surface area contributed by atoms with E-state index in [1.807, 2.05) is 6.07 Å². The lowest BCUT2D eigenvalue weighted by atomic mass is 10.1. The monoisotopic (exact) mass is 363 g/mol. The fraction of sp³-hybridized carbons (Fsp3) is 0.125. The Morgan fingerprint density at radius 3 is 2.33 bits per heavy atom. The van der Waals surface area contributed by atoms with E-state index in [1.54, 1.807) is 0 Å². The summed E-state index contributed by atoms with van der Waals surface area (Å²) < 4.78 is 25.4. The van der Waals surface area contributed by atoms with Crippen LogP contribution < -0.4 is 5.32 Å². The van der Waals surface area contributed by atoms with Gasteiger partial charge in [-0.3, -0.25) is 4.79 Å². The number of carbonyl (C=O) groups is 1. The lowest BCUT2D eigenvalue weighted by molar-refractivity contribution is 0.102. The lowest BCUT2D eigenvalue weighted by Gasteiger charge is -2.14. The SMILES string of the molecule is CN(C)S(=O)(=O)c1ccc(Cl)c(NC(=O)c2ccc(C#N)cc2)c1. The van der Waals surface area contributed by atoms with Gasteiger partial charge < -0.3 is 5.32 Å². The first-order valence-electron chi connectivity index (χ1n) is 6.79. The Kier molecular flexibility index (Phi) is 5.24. The molecule has 0 heterocycles. The van der Waals surface area contributed by atoms with E-state index in [0.29, 0.717) is 11.1 Å². The van der Waals surface area contributed by atoms with Gasteiger partial charge in [0.05, 0.1) is 27.2 Å². The minimum atomic E-state index is -3.64. The van der Waals surface area contributed by atoms with Gasteiger partial charge in [-0.1, -0.05) is 11.6 Å². The van der Waals surface area contributed by atoms with Gasteiger partial charge in [0.15, 0.2) is 0 Å². The van der Waals surface area contributed by atoms with Gasteiger partial charge in [-0.15, -0.1) is 0 Å². The third-order valence-corrected chi connectivity index (χ3v) is 5.38. The van der Waals surface area contributed by atoms with Crippen LogP contribution in [0.2, 0.25) is 5.02 Å². The van der Waals surface area contributed by atoms with E-state index in [0.717, 1.165) is 4.31 Å². The molecule has 124 valence electrons. The topological polar surface area (TPSA) is 90.3 Å². The Labute approximate surface area is 145 Å². The molecule has 0 aliphatic carbocycles. The van der Waals surface area contributed by atoms with Crippen molar-refractivity contribution in [3.8, 4) is 6.07 Å². The summed E-state index contributed by atoms with van der Waals surface area (Å²) in [6.45, 7) is 0. The number of carbonyl (C=O) groups excluding carboxylic acids is 1. The zero-order chi connectivity index (χ0) is 17.9. The molecule has 0 spiro atoms. The summed E-state index contributed by atoms with van der Waals surface area (Å²) in [5, 5.41) is 11.6. The fourth-order valence-corrected chi connectivity index (χ4v) is 2.96. The molecule has 0 unspecified atom stereocenters. The minimum Gasteiger partial charge on any atom is -0.321 e. The predicted molar refractivity (Wildman–Crippen MR) is 91.4 cm³/mol. The highest BCUT2D eigenvalue weighted by molar-refractivity contribution is 7.89. The van der Waals surface area contributed by atoms with Crippen LogP contribution in [-0.2, 0) is 10.0 Å². The van der Waals surface area contributed by atoms with Crippen LogP contribution in [0.4, 0.5) is 5.69 Å². The van der Waals surface area contributed by atoms with E-state index in [1.165, 1.54) is 56.6 Å². The molecule has 1 amide bonds. The first-order chi connectivity index (χ1) is 11.3. The maximum absolute atomic E-state index is 12.2. The van der Waals surface area contributed by atoms with Gasteiger partial charge in [-0.05, 0) is 42.5 Å². The van der Waals surface area contributed by atoms with E-state index in [-0.39, 0.29) is 15.6 Å². The van der Waals surface area contributed by atoms with Crippen LogP contribution in [0.1, 0.15) is 15.9 Å². The van der Waals surface area contributed by atoms with Crippen molar-refractivity contribution in [2.24, 2.45) is 0 Å². The molecule has 0 saturated heterocycles. The second-order valence-electron chi connectivity index (χ2n) is 5.07. The van der Waals surface area contributed by atoms with Crippen LogP contribution in [0.25, 0.3) is 0 Å². The van der Waals surface area contributed by atoms with E-state index >= 15 is 0 Å². The van der Waals surface area contributed by atoms with Gasteiger partial charge in [0.25, 0.3) is 5.91 Å². The molecular formula is C16H14ClN3O3S. The molecule has 2 aromatic carbocycles. The van der Waals surface area contributed by atoms with Crippen molar-refractivity contribution >= 4 is 33.2 Å². The fourth-order valence-electron chi connectivity index (χ4n) is 1.86. The van der Waals surface area contributed by atoms with Crippen LogP contribution >= 0.6 is 11.6 Å². The van der Waals surface area contributed by atoms with Crippen molar-refractivity contribution in [3.63, 3.8) is 0 Å². The van der Waals surface area contributed by atoms with Crippen molar-refractivity contribution in [1.82, 2.24) is 4.31 Å². The van der Waals surface area contributed by atoms with Gasteiger partial charge in [0.2, 0.25) is 10.0 Å². The highest BCUT2D eigenvalue weighted by atomic mass is 35.5. The van der Waals surface area contributed by atoms with Crippen LogP contribution in [0.3, 0.4) is 0 Å². The van der Waals surface area contributed by atoms with E-state index < -0.39 is 15.9 Å². The van der Waals surface area contributed by atoms with Crippen LogP contribution in [0.15, 0.2) is 47.4 Å². The number of anilines is 1. The van der Waals surface area contributed by atoms with Gasteiger partial charge in [-0.25, -0.2) is 12.7 Å². The molecule has 2 aromatic rings. The Hall–Kier alpha value is -2.40. The minimum absolute atomic E-state index is 0.0204.